The third-order valence-corrected chi connectivity index (χ3v) is 6.10. The fourth-order valence-corrected chi connectivity index (χ4v) is 4.87. The number of rotatable bonds is 3. The maximum Gasteiger partial charge on any atom is 0.321 e. The van der Waals surface area contributed by atoms with Crippen molar-refractivity contribution in [3.05, 3.63) is 23.8 Å². The highest BCUT2D eigenvalue weighted by molar-refractivity contribution is 5.97. The van der Waals surface area contributed by atoms with E-state index in [0.29, 0.717) is 24.9 Å². The van der Waals surface area contributed by atoms with Gasteiger partial charge in [-0.1, -0.05) is 6.07 Å². The minimum atomic E-state index is -0.0835. The highest BCUT2D eigenvalue weighted by Crippen LogP contribution is 2.48. The van der Waals surface area contributed by atoms with Crippen LogP contribution in [0.25, 0.3) is 0 Å². The summed E-state index contributed by atoms with van der Waals surface area (Å²) in [5.41, 5.74) is 9.06. The fourth-order valence-electron chi connectivity index (χ4n) is 4.87. The molecular weight excluding hydrogens is 316 g/mol. The summed E-state index contributed by atoms with van der Waals surface area (Å²) < 4.78 is 0. The lowest BCUT2D eigenvalue weighted by Crippen LogP contribution is -2.42. The molecule has 4 unspecified atom stereocenters. The van der Waals surface area contributed by atoms with Gasteiger partial charge in [-0.2, -0.15) is 0 Å². The number of fused-ring (bicyclic) bond motifs is 3. The Bertz CT molecular complexity index is 703. The van der Waals surface area contributed by atoms with Crippen molar-refractivity contribution in [3.63, 3.8) is 0 Å². The number of amides is 3. The molecule has 4 atom stereocenters. The Kier molecular flexibility index (Phi) is 4.15. The molecule has 6 heteroatoms. The molecule has 1 aromatic rings. The molecule has 3 aliphatic rings. The van der Waals surface area contributed by atoms with Crippen LogP contribution in [0.15, 0.2) is 18.2 Å². The Hall–Kier alpha value is -2.08. The predicted molar refractivity (Wildman–Crippen MR) is 97.5 cm³/mol. The molecule has 0 saturated heterocycles. The quantitative estimate of drug-likeness (QED) is 0.786. The predicted octanol–water partition coefficient (Wildman–Crippen LogP) is 2.09. The van der Waals surface area contributed by atoms with E-state index in [1.807, 2.05) is 25.1 Å². The zero-order chi connectivity index (χ0) is 17.6. The second-order valence-electron chi connectivity index (χ2n) is 7.51. The number of benzene rings is 1. The van der Waals surface area contributed by atoms with E-state index in [1.54, 1.807) is 4.90 Å². The summed E-state index contributed by atoms with van der Waals surface area (Å²) in [6.07, 6.45) is 4.22. The monoisotopic (exact) mass is 342 g/mol. The molecule has 1 aromatic carbocycles. The molecule has 6 nitrogen and oxygen atoms in total. The summed E-state index contributed by atoms with van der Waals surface area (Å²) in [4.78, 5) is 26.7. The summed E-state index contributed by atoms with van der Waals surface area (Å²) >= 11 is 0. The molecule has 2 aliphatic carbocycles. The van der Waals surface area contributed by atoms with Gasteiger partial charge >= 0.3 is 6.03 Å². The van der Waals surface area contributed by atoms with Gasteiger partial charge in [-0.25, -0.2) is 4.79 Å². The van der Waals surface area contributed by atoms with Crippen LogP contribution in [0.5, 0.6) is 0 Å². The number of hydrogen-bond donors (Lipinski definition) is 3. The van der Waals surface area contributed by atoms with Crippen molar-refractivity contribution in [1.29, 1.82) is 0 Å². The number of anilines is 2. The lowest BCUT2D eigenvalue weighted by Gasteiger charge is -2.27. The van der Waals surface area contributed by atoms with Crippen molar-refractivity contribution in [3.8, 4) is 0 Å². The summed E-state index contributed by atoms with van der Waals surface area (Å²) in [5.74, 6) is 0.893. The Balaban J connectivity index is 1.50. The highest BCUT2D eigenvalue weighted by Gasteiger charge is 2.49. The second kappa shape index (κ2) is 6.33. The zero-order valence-corrected chi connectivity index (χ0v) is 14.6. The number of carbonyl (C=O) groups excluding carboxylic acids is 2. The van der Waals surface area contributed by atoms with Crippen LogP contribution in [0.4, 0.5) is 16.2 Å². The standard InChI is InChI=1S/C19H26N4O2/c1-2-21-19(25)23-8-7-11-5-6-14(10-15(11)23)22-18(24)16-12-3-4-13(9-12)17(16)20/h5-6,10,12-13,16-17H,2-4,7-9,20H2,1H3,(H,21,25)(H,22,24). The van der Waals surface area contributed by atoms with Gasteiger partial charge in [0.25, 0.3) is 0 Å². The average molecular weight is 342 g/mol. The average Bonchev–Trinajstić information content (AvgIpc) is 3.28. The van der Waals surface area contributed by atoms with Gasteiger partial charge in [-0.3, -0.25) is 9.69 Å². The van der Waals surface area contributed by atoms with Crippen molar-refractivity contribution >= 4 is 23.3 Å². The summed E-state index contributed by atoms with van der Waals surface area (Å²) in [7, 11) is 0. The topological polar surface area (TPSA) is 87.5 Å². The van der Waals surface area contributed by atoms with Crippen LogP contribution in [-0.4, -0.2) is 31.1 Å². The molecule has 2 saturated carbocycles. The summed E-state index contributed by atoms with van der Waals surface area (Å²) in [6.45, 7) is 3.18. The first-order valence-corrected chi connectivity index (χ1v) is 9.33. The third-order valence-electron chi connectivity index (χ3n) is 6.10. The van der Waals surface area contributed by atoms with Gasteiger partial charge in [0.2, 0.25) is 5.91 Å². The zero-order valence-electron chi connectivity index (χ0n) is 14.6. The molecule has 3 amide bonds. The van der Waals surface area contributed by atoms with E-state index in [9.17, 15) is 9.59 Å². The van der Waals surface area contributed by atoms with Crippen molar-refractivity contribution in [2.75, 3.05) is 23.3 Å². The van der Waals surface area contributed by atoms with Gasteiger partial charge < -0.3 is 16.4 Å². The number of hydrogen-bond acceptors (Lipinski definition) is 3. The number of urea groups is 1. The van der Waals surface area contributed by atoms with Gasteiger partial charge in [0.1, 0.15) is 0 Å². The Morgan fingerprint density at radius 3 is 2.80 bits per heavy atom. The van der Waals surface area contributed by atoms with Crippen LogP contribution >= 0.6 is 0 Å². The smallest absolute Gasteiger partial charge is 0.321 e. The molecule has 0 spiro atoms. The van der Waals surface area contributed by atoms with Crippen LogP contribution < -0.4 is 21.3 Å². The number of nitrogens with zero attached hydrogens (tertiary/aromatic N) is 1. The first-order chi connectivity index (χ1) is 12.1. The molecule has 2 fully saturated rings. The van der Waals surface area contributed by atoms with E-state index < -0.39 is 0 Å². The molecule has 134 valence electrons. The summed E-state index contributed by atoms with van der Waals surface area (Å²) in [5, 5.41) is 5.88. The molecule has 1 aliphatic heterocycles. The van der Waals surface area contributed by atoms with E-state index in [-0.39, 0.29) is 23.9 Å². The first kappa shape index (κ1) is 16.4. The van der Waals surface area contributed by atoms with E-state index in [0.717, 1.165) is 42.6 Å². The van der Waals surface area contributed by atoms with E-state index in [4.69, 9.17) is 5.73 Å². The van der Waals surface area contributed by atoms with Crippen molar-refractivity contribution in [1.82, 2.24) is 5.32 Å². The van der Waals surface area contributed by atoms with Gasteiger partial charge in [-0.05, 0) is 62.1 Å². The Morgan fingerprint density at radius 1 is 1.28 bits per heavy atom. The van der Waals surface area contributed by atoms with Gasteiger partial charge in [0.15, 0.2) is 0 Å². The molecule has 25 heavy (non-hydrogen) atoms. The van der Waals surface area contributed by atoms with Crippen LogP contribution in [0, 0.1) is 17.8 Å². The largest absolute Gasteiger partial charge is 0.338 e. The molecule has 0 aromatic heterocycles. The van der Waals surface area contributed by atoms with Gasteiger partial charge in [0, 0.05) is 24.8 Å². The lowest BCUT2D eigenvalue weighted by molar-refractivity contribution is -0.121. The second-order valence-corrected chi connectivity index (χ2v) is 7.51. The Labute approximate surface area is 148 Å². The van der Waals surface area contributed by atoms with E-state index >= 15 is 0 Å². The van der Waals surface area contributed by atoms with Crippen molar-refractivity contribution in [2.45, 2.75) is 38.6 Å². The molecule has 4 rings (SSSR count). The Morgan fingerprint density at radius 2 is 2.08 bits per heavy atom. The first-order valence-electron chi connectivity index (χ1n) is 9.33. The van der Waals surface area contributed by atoms with Crippen LogP contribution in [0.1, 0.15) is 31.7 Å². The van der Waals surface area contributed by atoms with Crippen LogP contribution in [0.2, 0.25) is 0 Å². The molecule has 4 N–H and O–H groups in total. The van der Waals surface area contributed by atoms with Crippen LogP contribution in [-0.2, 0) is 11.2 Å². The van der Waals surface area contributed by atoms with Gasteiger partial charge in [-0.15, -0.1) is 0 Å². The number of carbonyl (C=O) groups is 2. The normalized spacial score (nSPS) is 29.6. The summed E-state index contributed by atoms with van der Waals surface area (Å²) in [6, 6.07) is 5.75. The highest BCUT2D eigenvalue weighted by atomic mass is 16.2. The fraction of sp³-hybridized carbons (Fsp3) is 0.579. The van der Waals surface area contributed by atoms with E-state index in [1.165, 1.54) is 0 Å². The van der Waals surface area contributed by atoms with Crippen LogP contribution in [0.3, 0.4) is 0 Å². The van der Waals surface area contributed by atoms with Crippen molar-refractivity contribution < 1.29 is 9.59 Å². The third kappa shape index (κ3) is 2.78. The van der Waals surface area contributed by atoms with Gasteiger partial charge in [0.05, 0.1) is 11.6 Å². The molecular formula is C19H26N4O2. The molecule has 1 heterocycles. The molecule has 0 radical (unpaired) electrons. The number of nitrogens with two attached hydrogens (primary N) is 1. The maximum atomic E-state index is 12.7. The maximum absolute atomic E-state index is 12.7. The minimum Gasteiger partial charge on any atom is -0.338 e. The SMILES string of the molecule is CCNC(=O)N1CCc2ccc(NC(=O)C3C4CCC(C4)C3N)cc21. The van der Waals surface area contributed by atoms with Crippen molar-refractivity contribution in [2.24, 2.45) is 23.5 Å². The lowest BCUT2D eigenvalue weighted by atomic mass is 9.84. The molecule has 2 bridgehead atoms. The minimum absolute atomic E-state index is 0.0139. The number of nitrogens with one attached hydrogen (secondary N) is 2. The van der Waals surface area contributed by atoms with E-state index in [2.05, 4.69) is 10.6 Å².